The molecule has 0 aromatic heterocycles. The van der Waals surface area contributed by atoms with Crippen LogP contribution in [0.5, 0.6) is 5.75 Å². The van der Waals surface area contributed by atoms with Gasteiger partial charge in [0.1, 0.15) is 22.8 Å². The third-order valence-electron chi connectivity index (χ3n) is 3.83. The fourth-order valence-corrected chi connectivity index (χ4v) is 2.87. The molecule has 0 heterocycles. The van der Waals surface area contributed by atoms with E-state index in [0.29, 0.717) is 28.5 Å². The Kier molecular flexibility index (Phi) is 7.05. The van der Waals surface area contributed by atoms with E-state index in [9.17, 15) is 22.0 Å². The highest BCUT2D eigenvalue weighted by Crippen LogP contribution is 2.23. The van der Waals surface area contributed by atoms with E-state index in [0.717, 1.165) is 12.1 Å². The Hall–Kier alpha value is -3.93. The first kappa shape index (κ1) is 22.7. The Balaban J connectivity index is 1.71. The Morgan fingerprint density at radius 1 is 0.719 bits per heavy atom. The highest BCUT2D eigenvalue weighted by Gasteiger charge is 2.30. The summed E-state index contributed by atoms with van der Waals surface area (Å²) in [6.45, 7) is 0. The number of halogens is 5. The second kappa shape index (κ2) is 9.92. The summed E-state index contributed by atoms with van der Waals surface area (Å²) in [4.78, 5) is 0.151. The van der Waals surface area contributed by atoms with Gasteiger partial charge < -0.3 is 4.74 Å². The van der Waals surface area contributed by atoms with Crippen molar-refractivity contribution in [3.05, 3.63) is 94.6 Å². The Morgan fingerprint density at radius 2 is 1.16 bits per heavy atom. The highest BCUT2D eigenvalue weighted by atomic mass is 32.2. The van der Waals surface area contributed by atoms with E-state index in [4.69, 9.17) is 5.26 Å². The van der Waals surface area contributed by atoms with Crippen LogP contribution in [0.4, 0.5) is 22.0 Å². The Labute approximate surface area is 184 Å². The number of alkyl halides is 3. The van der Waals surface area contributed by atoms with Crippen molar-refractivity contribution in [3.8, 4) is 34.8 Å². The minimum absolute atomic E-state index is 0.151. The average molecular weight is 455 g/mol. The van der Waals surface area contributed by atoms with Gasteiger partial charge in [0.05, 0.1) is 5.56 Å². The highest BCUT2D eigenvalue weighted by molar-refractivity contribution is 8.03. The van der Waals surface area contributed by atoms with E-state index in [2.05, 4.69) is 28.4 Å². The average Bonchev–Trinajstić information content (AvgIpc) is 2.73. The molecule has 0 aliphatic carbocycles. The lowest BCUT2D eigenvalue weighted by molar-refractivity contribution is -0.274. The van der Waals surface area contributed by atoms with Crippen molar-refractivity contribution in [2.45, 2.75) is 11.3 Å². The maximum absolute atomic E-state index is 14.0. The standard InChI is InChI=1S/C24H10F5NOS/c25-22-13-20(32-15-30)14-23(26)21(22)12-9-17-4-1-16(2-5-17)3-6-18-7-10-19(11-8-18)31-24(27,28)29/h1-2,4-5,7-8,10-11,13-14H. The lowest BCUT2D eigenvalue weighted by Gasteiger charge is -2.07. The molecule has 0 aliphatic heterocycles. The van der Waals surface area contributed by atoms with Gasteiger partial charge in [-0.3, -0.25) is 0 Å². The van der Waals surface area contributed by atoms with Gasteiger partial charge in [0.25, 0.3) is 0 Å². The first-order valence-electron chi connectivity index (χ1n) is 8.78. The number of hydrogen-bond donors (Lipinski definition) is 0. The molecule has 0 radical (unpaired) electrons. The summed E-state index contributed by atoms with van der Waals surface area (Å²) >= 11 is 0.647. The molecule has 32 heavy (non-hydrogen) atoms. The van der Waals surface area contributed by atoms with Gasteiger partial charge in [0.2, 0.25) is 0 Å². The number of thioether (sulfide) groups is 1. The van der Waals surface area contributed by atoms with Gasteiger partial charge in [0, 0.05) is 21.6 Å². The summed E-state index contributed by atoms with van der Waals surface area (Å²) in [7, 11) is 0. The number of ether oxygens (including phenoxy) is 1. The van der Waals surface area contributed by atoms with Crippen molar-refractivity contribution in [2.75, 3.05) is 0 Å². The van der Waals surface area contributed by atoms with Gasteiger partial charge in [-0.1, -0.05) is 23.7 Å². The molecule has 3 aromatic rings. The Morgan fingerprint density at radius 3 is 1.59 bits per heavy atom. The van der Waals surface area contributed by atoms with E-state index < -0.39 is 23.6 Å². The summed E-state index contributed by atoms with van der Waals surface area (Å²) in [5.41, 5.74) is 1.21. The van der Waals surface area contributed by atoms with Crippen LogP contribution in [0.3, 0.4) is 0 Å². The van der Waals surface area contributed by atoms with Crippen LogP contribution in [0.2, 0.25) is 0 Å². The number of nitriles is 1. The van der Waals surface area contributed by atoms with E-state index in [1.165, 1.54) is 24.3 Å². The maximum Gasteiger partial charge on any atom is 0.573 e. The van der Waals surface area contributed by atoms with Gasteiger partial charge in [-0.05, 0) is 72.4 Å². The molecule has 0 amide bonds. The fraction of sp³-hybridized carbons (Fsp3) is 0.0417. The quantitative estimate of drug-likeness (QED) is 0.199. The van der Waals surface area contributed by atoms with E-state index in [1.54, 1.807) is 29.7 Å². The molecule has 0 fully saturated rings. The third-order valence-corrected chi connectivity index (χ3v) is 4.40. The molecule has 0 unspecified atom stereocenters. The SMILES string of the molecule is N#CSc1cc(F)c(C#Cc2ccc(C#Cc3ccc(OC(F)(F)F)cc3)cc2)c(F)c1. The summed E-state index contributed by atoms with van der Waals surface area (Å²) in [6.07, 6.45) is -4.75. The van der Waals surface area contributed by atoms with Crippen LogP contribution in [0, 0.1) is 46.0 Å². The van der Waals surface area contributed by atoms with Crippen LogP contribution in [0.25, 0.3) is 0 Å². The van der Waals surface area contributed by atoms with Gasteiger partial charge >= 0.3 is 6.36 Å². The predicted molar refractivity (Wildman–Crippen MR) is 109 cm³/mol. The molecule has 0 N–H and O–H groups in total. The summed E-state index contributed by atoms with van der Waals surface area (Å²) in [5.74, 6) is 8.73. The van der Waals surface area contributed by atoms with Crippen LogP contribution in [-0.4, -0.2) is 6.36 Å². The predicted octanol–water partition coefficient (Wildman–Crippen LogP) is 6.24. The summed E-state index contributed by atoms with van der Waals surface area (Å²) in [6, 6.07) is 13.8. The lowest BCUT2D eigenvalue weighted by atomic mass is 10.1. The van der Waals surface area contributed by atoms with Crippen LogP contribution >= 0.6 is 11.8 Å². The van der Waals surface area contributed by atoms with Crippen LogP contribution in [0.1, 0.15) is 22.3 Å². The number of benzene rings is 3. The van der Waals surface area contributed by atoms with Crippen molar-refractivity contribution in [2.24, 2.45) is 0 Å². The third kappa shape index (κ3) is 6.54. The van der Waals surface area contributed by atoms with Crippen LogP contribution < -0.4 is 4.74 Å². The topological polar surface area (TPSA) is 33.0 Å². The van der Waals surface area contributed by atoms with E-state index in [1.807, 2.05) is 0 Å². The second-order valence-corrected chi connectivity index (χ2v) is 6.96. The molecule has 0 spiro atoms. The number of rotatable bonds is 2. The molecule has 0 saturated heterocycles. The molecule has 2 nitrogen and oxygen atoms in total. The number of hydrogen-bond acceptors (Lipinski definition) is 3. The zero-order chi connectivity index (χ0) is 23.1. The zero-order valence-corrected chi connectivity index (χ0v) is 16.7. The molecule has 8 heteroatoms. The molecule has 3 aromatic carbocycles. The minimum Gasteiger partial charge on any atom is -0.406 e. The smallest absolute Gasteiger partial charge is 0.406 e. The zero-order valence-electron chi connectivity index (χ0n) is 15.9. The summed E-state index contributed by atoms with van der Waals surface area (Å²) < 4.78 is 68.4. The molecule has 158 valence electrons. The lowest BCUT2D eigenvalue weighted by Crippen LogP contribution is -2.16. The molecule has 0 saturated carbocycles. The van der Waals surface area contributed by atoms with Gasteiger partial charge in [0.15, 0.2) is 0 Å². The molecule has 0 aliphatic rings. The fourth-order valence-electron chi connectivity index (χ4n) is 2.44. The van der Waals surface area contributed by atoms with Crippen LogP contribution in [-0.2, 0) is 0 Å². The maximum atomic E-state index is 14.0. The molecule has 3 rings (SSSR count). The molecule has 0 bridgehead atoms. The Bertz CT molecular complexity index is 1260. The van der Waals surface area contributed by atoms with Crippen molar-refractivity contribution in [3.63, 3.8) is 0 Å². The number of thiocyanates is 1. The summed E-state index contributed by atoms with van der Waals surface area (Å²) in [5, 5.41) is 10.3. The van der Waals surface area contributed by atoms with Gasteiger partial charge in [-0.15, -0.1) is 13.2 Å². The minimum atomic E-state index is -4.75. The van der Waals surface area contributed by atoms with E-state index in [-0.39, 0.29) is 10.6 Å². The molecular weight excluding hydrogens is 445 g/mol. The van der Waals surface area contributed by atoms with Crippen molar-refractivity contribution in [1.29, 1.82) is 5.26 Å². The van der Waals surface area contributed by atoms with Crippen LogP contribution in [0.15, 0.2) is 65.6 Å². The van der Waals surface area contributed by atoms with Crippen molar-refractivity contribution in [1.82, 2.24) is 0 Å². The monoisotopic (exact) mass is 455 g/mol. The largest absolute Gasteiger partial charge is 0.573 e. The normalized spacial score (nSPS) is 10.2. The molecular formula is C24H10F5NOS. The first-order valence-corrected chi connectivity index (χ1v) is 9.60. The van der Waals surface area contributed by atoms with Gasteiger partial charge in [-0.25, -0.2) is 8.78 Å². The van der Waals surface area contributed by atoms with Crippen molar-refractivity contribution < 1.29 is 26.7 Å². The van der Waals surface area contributed by atoms with E-state index >= 15 is 0 Å². The number of nitrogens with zero attached hydrogens (tertiary/aromatic N) is 1. The second-order valence-electron chi connectivity index (χ2n) is 6.10. The molecule has 0 atom stereocenters. The van der Waals surface area contributed by atoms with Crippen molar-refractivity contribution >= 4 is 11.8 Å². The van der Waals surface area contributed by atoms with Gasteiger partial charge in [-0.2, -0.15) is 5.26 Å². The first-order chi connectivity index (χ1) is 15.2.